The smallest absolute Gasteiger partial charge is 0.145 e. The van der Waals surface area contributed by atoms with Gasteiger partial charge >= 0.3 is 0 Å². The van der Waals surface area contributed by atoms with Gasteiger partial charge in [-0.25, -0.2) is 0 Å². The molecule has 5 aliphatic carbocycles. The molecule has 1 heterocycles. The van der Waals surface area contributed by atoms with E-state index in [2.05, 4.69) is 59.7 Å². The Hall–Kier alpha value is -1.09. The van der Waals surface area contributed by atoms with Gasteiger partial charge in [0.1, 0.15) is 5.76 Å². The van der Waals surface area contributed by atoms with E-state index in [1.54, 1.807) is 5.57 Å². The second kappa shape index (κ2) is 6.37. The normalized spacial score (nSPS) is 49.6. The monoisotopic (exact) mass is 450 g/mol. The molecule has 1 aromatic rings. The van der Waals surface area contributed by atoms with Gasteiger partial charge in [0.25, 0.3) is 0 Å². The molecule has 0 spiro atoms. The largest absolute Gasteiger partial charge is 0.361 e. The van der Waals surface area contributed by atoms with Crippen molar-refractivity contribution < 1.29 is 4.52 Å². The summed E-state index contributed by atoms with van der Waals surface area (Å²) in [5.41, 5.74) is 11.7. The Balaban J connectivity index is 1.46. The molecule has 0 unspecified atom stereocenters. The minimum Gasteiger partial charge on any atom is -0.361 e. The van der Waals surface area contributed by atoms with E-state index < -0.39 is 0 Å². The lowest BCUT2D eigenvalue weighted by Gasteiger charge is -2.70. The van der Waals surface area contributed by atoms with Crippen LogP contribution in [-0.2, 0) is 11.8 Å². The fourth-order valence-electron chi connectivity index (χ4n) is 10.6. The van der Waals surface area contributed by atoms with Crippen LogP contribution in [-0.4, -0.2) is 10.7 Å². The van der Waals surface area contributed by atoms with Crippen LogP contribution in [0.4, 0.5) is 0 Å². The van der Waals surface area contributed by atoms with E-state index in [4.69, 9.17) is 10.3 Å². The Kier molecular flexibility index (Phi) is 4.32. The van der Waals surface area contributed by atoms with Gasteiger partial charge in [-0.3, -0.25) is 0 Å². The molecule has 0 radical (unpaired) electrons. The number of fused-ring (bicyclic) bond motifs is 8. The molecule has 3 fully saturated rings. The van der Waals surface area contributed by atoms with E-state index >= 15 is 0 Å². The molecule has 3 saturated carbocycles. The molecule has 2 N–H and O–H groups in total. The minimum absolute atomic E-state index is 0.0329. The predicted octanol–water partition coefficient (Wildman–Crippen LogP) is 7.20. The van der Waals surface area contributed by atoms with Gasteiger partial charge in [-0.05, 0) is 97.2 Å². The van der Waals surface area contributed by atoms with Crippen LogP contribution in [0.2, 0.25) is 0 Å². The maximum absolute atomic E-state index is 7.23. The van der Waals surface area contributed by atoms with Crippen molar-refractivity contribution in [2.75, 3.05) is 0 Å². The second-order valence-corrected chi connectivity index (χ2v) is 15.0. The maximum atomic E-state index is 7.23. The third kappa shape index (κ3) is 2.64. The summed E-state index contributed by atoms with van der Waals surface area (Å²) in [5.74, 6) is 3.12. The Labute approximate surface area is 201 Å². The molecule has 0 aromatic carbocycles. The van der Waals surface area contributed by atoms with Crippen LogP contribution in [0.5, 0.6) is 0 Å². The quantitative estimate of drug-likeness (QED) is 0.425. The van der Waals surface area contributed by atoms with Crippen molar-refractivity contribution in [3.05, 3.63) is 29.2 Å². The first-order valence-electron chi connectivity index (χ1n) is 13.7. The molecular formula is C30H46N2O. The Morgan fingerprint density at radius 1 is 0.939 bits per heavy atom. The van der Waals surface area contributed by atoms with Crippen molar-refractivity contribution in [2.24, 2.45) is 45.1 Å². The number of allylic oxidation sites excluding steroid dienone is 2. The zero-order chi connectivity index (χ0) is 23.7. The number of hydrogen-bond donors (Lipinski definition) is 1. The van der Waals surface area contributed by atoms with Crippen LogP contribution < -0.4 is 5.73 Å². The standard InChI is InChI=1S/C30H46N2O/c1-25(2)12-14-30(31)15-13-28(6)20(21(30)17-25)8-9-23-27(5)16-19-18-32-33-24(19)26(3,4)22(27)10-11-29(23,28)7/h9,18,20-22H,8,10-17,31H2,1-7H3/t20-,21+,22+,27+,28-,29-,30+/m1/s1. The minimum atomic E-state index is 0.0329. The molecular weight excluding hydrogens is 404 g/mol. The van der Waals surface area contributed by atoms with E-state index in [0.29, 0.717) is 28.6 Å². The average Bonchev–Trinajstić information content (AvgIpc) is 3.18. The van der Waals surface area contributed by atoms with E-state index in [1.807, 2.05) is 6.20 Å². The summed E-state index contributed by atoms with van der Waals surface area (Å²) in [4.78, 5) is 0. The first-order valence-corrected chi connectivity index (χ1v) is 13.7. The van der Waals surface area contributed by atoms with Gasteiger partial charge in [-0.2, -0.15) is 0 Å². The zero-order valence-electron chi connectivity index (χ0n) is 22.2. The zero-order valence-corrected chi connectivity index (χ0v) is 22.2. The molecule has 5 aliphatic rings. The fourth-order valence-corrected chi connectivity index (χ4v) is 10.6. The van der Waals surface area contributed by atoms with E-state index in [0.717, 1.165) is 12.2 Å². The summed E-state index contributed by atoms with van der Waals surface area (Å²) in [6, 6.07) is 0. The lowest BCUT2D eigenvalue weighted by molar-refractivity contribution is -0.134. The lowest BCUT2D eigenvalue weighted by Crippen LogP contribution is -2.66. The number of rotatable bonds is 0. The highest BCUT2D eigenvalue weighted by Gasteiger charge is 2.67. The maximum Gasteiger partial charge on any atom is 0.145 e. The van der Waals surface area contributed by atoms with Gasteiger partial charge < -0.3 is 10.3 Å². The summed E-state index contributed by atoms with van der Waals surface area (Å²) < 4.78 is 5.84. The summed E-state index contributed by atoms with van der Waals surface area (Å²) in [6.45, 7) is 17.7. The van der Waals surface area contributed by atoms with E-state index in [-0.39, 0.29) is 21.8 Å². The third-order valence-corrected chi connectivity index (χ3v) is 12.6. The van der Waals surface area contributed by atoms with Crippen LogP contribution >= 0.6 is 0 Å². The van der Waals surface area contributed by atoms with Crippen LogP contribution in [0.25, 0.3) is 0 Å². The number of hydrogen-bond acceptors (Lipinski definition) is 3. The van der Waals surface area contributed by atoms with Crippen molar-refractivity contribution in [3.63, 3.8) is 0 Å². The Morgan fingerprint density at radius 3 is 2.42 bits per heavy atom. The van der Waals surface area contributed by atoms with E-state index in [9.17, 15) is 0 Å². The van der Waals surface area contributed by atoms with Gasteiger partial charge in [0.15, 0.2) is 0 Å². The van der Waals surface area contributed by atoms with Crippen molar-refractivity contribution in [3.8, 4) is 0 Å². The predicted molar refractivity (Wildman–Crippen MR) is 134 cm³/mol. The number of nitrogens with two attached hydrogens (primary N) is 1. The highest BCUT2D eigenvalue weighted by atomic mass is 16.5. The fraction of sp³-hybridized carbons (Fsp3) is 0.833. The Morgan fingerprint density at radius 2 is 1.67 bits per heavy atom. The summed E-state index contributed by atoms with van der Waals surface area (Å²) >= 11 is 0. The molecule has 3 heteroatoms. The van der Waals surface area contributed by atoms with Gasteiger partial charge in [0, 0.05) is 16.5 Å². The average molecular weight is 451 g/mol. The third-order valence-electron chi connectivity index (χ3n) is 12.6. The van der Waals surface area contributed by atoms with Crippen LogP contribution in [0.15, 0.2) is 22.4 Å². The highest BCUT2D eigenvalue weighted by molar-refractivity contribution is 5.41. The van der Waals surface area contributed by atoms with Crippen LogP contribution in [0.1, 0.15) is 111 Å². The summed E-state index contributed by atoms with van der Waals surface area (Å²) in [5, 5.41) is 4.25. The van der Waals surface area contributed by atoms with E-state index in [1.165, 1.54) is 56.9 Å². The molecule has 0 aliphatic heterocycles. The molecule has 1 aromatic heterocycles. The second-order valence-electron chi connectivity index (χ2n) is 15.0. The molecule has 7 atom stereocenters. The lowest BCUT2D eigenvalue weighted by atomic mass is 9.35. The van der Waals surface area contributed by atoms with Crippen molar-refractivity contribution in [1.82, 2.24) is 5.16 Å². The van der Waals surface area contributed by atoms with Gasteiger partial charge in [0.05, 0.1) is 6.20 Å². The van der Waals surface area contributed by atoms with Gasteiger partial charge in [-0.1, -0.05) is 65.3 Å². The van der Waals surface area contributed by atoms with Crippen molar-refractivity contribution >= 4 is 0 Å². The molecule has 182 valence electrons. The number of nitrogens with zero attached hydrogens (tertiary/aromatic N) is 1. The van der Waals surface area contributed by atoms with Crippen molar-refractivity contribution in [1.29, 1.82) is 0 Å². The summed E-state index contributed by atoms with van der Waals surface area (Å²) in [6.07, 6.45) is 15.9. The number of aromatic nitrogens is 1. The van der Waals surface area contributed by atoms with Gasteiger partial charge in [0.2, 0.25) is 0 Å². The molecule has 0 amide bonds. The highest BCUT2D eigenvalue weighted by Crippen LogP contribution is 2.73. The van der Waals surface area contributed by atoms with Gasteiger partial charge in [-0.15, -0.1) is 0 Å². The molecule has 6 rings (SSSR count). The molecule has 0 saturated heterocycles. The van der Waals surface area contributed by atoms with Crippen LogP contribution in [0.3, 0.4) is 0 Å². The molecule has 33 heavy (non-hydrogen) atoms. The SMILES string of the molecule is CC1(C)CC[C@]2(N)CC[C@]3(C)[C@H](CC=C4[C@@]5(C)Cc6cnoc6C(C)(C)[C@@H]5CC[C@]43C)[C@@H]2C1. The topological polar surface area (TPSA) is 52.0 Å². The molecule has 3 nitrogen and oxygen atoms in total. The Bertz CT molecular complexity index is 1020. The van der Waals surface area contributed by atoms with Crippen LogP contribution in [0, 0.1) is 39.4 Å². The first-order chi connectivity index (χ1) is 15.3. The summed E-state index contributed by atoms with van der Waals surface area (Å²) in [7, 11) is 0. The first kappa shape index (κ1) is 22.4. The molecule has 0 bridgehead atoms. The van der Waals surface area contributed by atoms with Crippen molar-refractivity contribution in [2.45, 2.75) is 117 Å².